The summed E-state index contributed by atoms with van der Waals surface area (Å²) in [5.74, 6) is 2.01. The van der Waals surface area contributed by atoms with Gasteiger partial charge in [0.2, 0.25) is 20.0 Å². The van der Waals surface area contributed by atoms with E-state index in [1.165, 1.54) is 6.42 Å². The number of nitrogens with zero attached hydrogens (tertiary/aromatic N) is 2. The molecular weight excluding hydrogens is 599 g/mol. The van der Waals surface area contributed by atoms with Crippen LogP contribution >= 0.6 is 23.2 Å². The van der Waals surface area contributed by atoms with Crippen LogP contribution in [0.5, 0.6) is 5.75 Å². The van der Waals surface area contributed by atoms with Crippen molar-refractivity contribution in [1.29, 1.82) is 0 Å². The number of aromatic nitrogens is 1. The van der Waals surface area contributed by atoms with Crippen molar-refractivity contribution in [3.05, 3.63) is 70.9 Å². The Morgan fingerprint density at radius 3 is 2.45 bits per heavy atom. The molecule has 3 aromatic rings. The molecule has 0 radical (unpaired) electrons. The molecule has 0 saturated carbocycles. The number of fused-ring (bicyclic) bond motifs is 4. The molecule has 0 spiro atoms. The molecule has 6 rings (SSSR count). The number of halogens is 2. The highest BCUT2D eigenvalue weighted by molar-refractivity contribution is 7.90. The molecule has 0 unspecified atom stereocenters. The van der Waals surface area contributed by atoms with Crippen LogP contribution in [0.1, 0.15) is 24.5 Å². The van der Waals surface area contributed by atoms with Crippen LogP contribution in [-0.4, -0.2) is 58.1 Å². The molecule has 10 nitrogen and oxygen atoms in total. The maximum absolute atomic E-state index is 11.2. The van der Waals surface area contributed by atoms with Gasteiger partial charge in [-0.2, -0.15) is 0 Å². The quantitative estimate of drug-likeness (QED) is 0.349. The minimum absolute atomic E-state index is 0.178. The lowest BCUT2D eigenvalue weighted by molar-refractivity contribution is -0.0444. The van der Waals surface area contributed by atoms with Crippen LogP contribution in [-0.2, 0) is 20.0 Å². The highest BCUT2D eigenvalue weighted by Gasteiger charge is 2.42. The summed E-state index contributed by atoms with van der Waals surface area (Å²) in [5.41, 5.74) is 1.85. The van der Waals surface area contributed by atoms with Crippen molar-refractivity contribution in [3.8, 4) is 5.75 Å². The Hall–Kier alpha value is -2.29. The minimum Gasteiger partial charge on any atom is -0.497 e. The van der Waals surface area contributed by atoms with Crippen molar-refractivity contribution in [2.45, 2.75) is 34.8 Å². The van der Waals surface area contributed by atoms with Gasteiger partial charge in [-0.25, -0.2) is 27.1 Å². The number of hydrogen-bond donors (Lipinski definition) is 3. The molecule has 4 heterocycles. The molecule has 3 aliphatic heterocycles. The van der Waals surface area contributed by atoms with Gasteiger partial charge in [0.1, 0.15) is 10.6 Å². The molecule has 3 fully saturated rings. The molecule has 3 saturated heterocycles. The predicted octanol–water partition coefficient (Wildman–Crippen LogP) is 3.46. The normalized spacial score (nSPS) is 23.2. The van der Waals surface area contributed by atoms with Crippen LogP contribution in [0.2, 0.25) is 10.0 Å². The standard InChI is InChI=1S/C20H24N2O2.C6H6Cl2N2O4S2/c1-3-13-12-22-9-7-14(13)10-19(22)20(23)16-6-8-21-18-5-4-15(24-2)11-17(16)18;7-4-1-3(15(9,11)12)2-5(6(4)8)16(10,13)14/h3-6,8,11,13-14,19-20,23H,1,7,9-10,12H2,2H3;1-2H,(H2,9,11,12)(H2,10,13,14)/t13-,14-,19+,20-;/m0./s1. The van der Waals surface area contributed by atoms with E-state index in [0.29, 0.717) is 11.8 Å². The third kappa shape index (κ3) is 6.44. The number of rotatable bonds is 6. The lowest BCUT2D eigenvalue weighted by Crippen LogP contribution is -2.54. The smallest absolute Gasteiger partial charge is 0.239 e. The molecule has 2 aromatic carbocycles. The van der Waals surface area contributed by atoms with Gasteiger partial charge in [0.15, 0.2) is 0 Å². The second-order valence-corrected chi connectivity index (χ2v) is 13.7. The van der Waals surface area contributed by atoms with E-state index in [4.69, 9.17) is 38.2 Å². The highest BCUT2D eigenvalue weighted by atomic mass is 35.5. The van der Waals surface area contributed by atoms with Crippen molar-refractivity contribution in [2.75, 3.05) is 20.2 Å². The first kappa shape index (κ1) is 30.7. The van der Waals surface area contributed by atoms with Gasteiger partial charge in [0.25, 0.3) is 0 Å². The molecule has 14 heteroatoms. The Labute approximate surface area is 243 Å². The number of aliphatic hydroxyl groups excluding tert-OH is 1. The largest absolute Gasteiger partial charge is 0.497 e. The highest BCUT2D eigenvalue weighted by Crippen LogP contribution is 2.42. The molecule has 3 aliphatic rings. The van der Waals surface area contributed by atoms with Gasteiger partial charge in [-0.15, -0.1) is 6.58 Å². The average Bonchev–Trinajstić information content (AvgIpc) is 2.92. The first-order valence-electron chi connectivity index (χ1n) is 12.3. The monoisotopic (exact) mass is 628 g/mol. The van der Waals surface area contributed by atoms with Gasteiger partial charge in [-0.1, -0.05) is 29.3 Å². The van der Waals surface area contributed by atoms with Crippen molar-refractivity contribution >= 4 is 54.2 Å². The van der Waals surface area contributed by atoms with Crippen LogP contribution in [0.15, 0.2) is 65.0 Å². The van der Waals surface area contributed by atoms with Crippen molar-refractivity contribution in [1.82, 2.24) is 9.88 Å². The summed E-state index contributed by atoms with van der Waals surface area (Å²) in [6.45, 7) is 6.07. The summed E-state index contributed by atoms with van der Waals surface area (Å²) in [6.07, 6.45) is 5.62. The van der Waals surface area contributed by atoms with E-state index in [2.05, 4.69) is 22.5 Å². The van der Waals surface area contributed by atoms with Crippen molar-refractivity contribution in [2.24, 2.45) is 22.1 Å². The fourth-order valence-electron chi connectivity index (χ4n) is 5.36. The summed E-state index contributed by atoms with van der Waals surface area (Å²) in [5, 5.41) is 21.2. The number of methoxy groups -OCH3 is 1. The van der Waals surface area contributed by atoms with E-state index in [0.717, 1.165) is 53.9 Å². The lowest BCUT2D eigenvalue weighted by atomic mass is 9.73. The molecule has 40 heavy (non-hydrogen) atoms. The maximum Gasteiger partial charge on any atom is 0.239 e. The summed E-state index contributed by atoms with van der Waals surface area (Å²) in [7, 11) is -6.60. The fraction of sp³-hybridized carbons (Fsp3) is 0.346. The lowest BCUT2D eigenvalue weighted by Gasteiger charge is -2.50. The van der Waals surface area contributed by atoms with E-state index < -0.39 is 35.9 Å². The Morgan fingerprint density at radius 2 is 1.88 bits per heavy atom. The number of hydrogen-bond acceptors (Lipinski definition) is 8. The van der Waals surface area contributed by atoms with Crippen LogP contribution in [0, 0.1) is 11.8 Å². The number of pyridine rings is 1. The Morgan fingerprint density at radius 1 is 1.15 bits per heavy atom. The molecule has 0 amide bonds. The average molecular weight is 630 g/mol. The van der Waals surface area contributed by atoms with Gasteiger partial charge in [0, 0.05) is 24.2 Å². The molecule has 5 N–H and O–H groups in total. The Kier molecular flexibility index (Phi) is 9.13. The second-order valence-electron chi connectivity index (χ2n) is 9.78. The Balaban J connectivity index is 0.000000202. The number of nitrogens with two attached hydrogens (primary N) is 2. The van der Waals surface area contributed by atoms with Crippen molar-refractivity contribution in [3.63, 3.8) is 0 Å². The zero-order valence-corrected chi connectivity index (χ0v) is 24.7. The molecule has 2 bridgehead atoms. The van der Waals surface area contributed by atoms with Crippen LogP contribution in [0.3, 0.4) is 0 Å². The zero-order valence-electron chi connectivity index (χ0n) is 21.6. The van der Waals surface area contributed by atoms with Gasteiger partial charge in [-0.3, -0.25) is 9.88 Å². The zero-order chi connectivity index (χ0) is 29.4. The third-order valence-electron chi connectivity index (χ3n) is 7.42. The maximum atomic E-state index is 11.2. The molecule has 216 valence electrons. The van der Waals surface area contributed by atoms with Gasteiger partial charge < -0.3 is 9.84 Å². The summed E-state index contributed by atoms with van der Waals surface area (Å²) in [4.78, 5) is 5.79. The number of primary sulfonamides is 2. The van der Waals surface area contributed by atoms with E-state index in [1.807, 2.05) is 24.3 Å². The SMILES string of the molecule is C=C[C@H]1C[N@]2CC[C@H]1C[C@@H]2[C@@H](O)c1ccnc2ccc(OC)cc12.NS(=O)(=O)c1cc(Cl)c(Cl)c(S(N)(=O)=O)c1. The topological polar surface area (TPSA) is 166 Å². The van der Waals surface area contributed by atoms with Crippen molar-refractivity contribution < 1.29 is 26.7 Å². The Bertz CT molecular complexity index is 1650. The number of ether oxygens (including phenoxy) is 1. The molecular formula is C26H30Cl2N4O6S2. The summed E-state index contributed by atoms with van der Waals surface area (Å²) in [6, 6.07) is 9.64. The van der Waals surface area contributed by atoms with E-state index in [-0.39, 0.29) is 16.1 Å². The summed E-state index contributed by atoms with van der Waals surface area (Å²) < 4.78 is 49.5. The van der Waals surface area contributed by atoms with Gasteiger partial charge in [0.05, 0.1) is 33.7 Å². The van der Waals surface area contributed by atoms with Crippen LogP contribution < -0.4 is 15.0 Å². The number of benzene rings is 2. The van der Waals surface area contributed by atoms with Gasteiger partial charge >= 0.3 is 0 Å². The first-order valence-corrected chi connectivity index (χ1v) is 16.1. The van der Waals surface area contributed by atoms with Crippen LogP contribution in [0.25, 0.3) is 10.9 Å². The minimum atomic E-state index is -4.18. The number of aliphatic hydroxyl groups is 1. The van der Waals surface area contributed by atoms with E-state index in [9.17, 15) is 21.9 Å². The fourth-order valence-corrected chi connectivity index (χ4v) is 7.42. The first-order chi connectivity index (χ1) is 18.7. The molecule has 1 aromatic heterocycles. The van der Waals surface area contributed by atoms with Gasteiger partial charge in [-0.05, 0) is 73.2 Å². The number of sulfonamides is 2. The third-order valence-corrected chi connectivity index (χ3v) is 10.2. The second kappa shape index (κ2) is 11.9. The molecule has 0 aliphatic carbocycles. The summed E-state index contributed by atoms with van der Waals surface area (Å²) >= 11 is 11.1. The van der Waals surface area contributed by atoms with Crippen LogP contribution in [0.4, 0.5) is 0 Å². The van der Waals surface area contributed by atoms with E-state index in [1.54, 1.807) is 13.3 Å². The molecule has 5 atom stereocenters. The number of piperidine rings is 3. The predicted molar refractivity (Wildman–Crippen MR) is 154 cm³/mol. The van der Waals surface area contributed by atoms with E-state index >= 15 is 0 Å².